The Balaban J connectivity index is 1.94. The van der Waals surface area contributed by atoms with Gasteiger partial charge >= 0.3 is 0 Å². The van der Waals surface area contributed by atoms with E-state index in [2.05, 4.69) is 10.6 Å². The first-order valence-corrected chi connectivity index (χ1v) is 11.6. The molecule has 7 nitrogen and oxygen atoms in total. The summed E-state index contributed by atoms with van der Waals surface area (Å²) in [5, 5.41) is 6.00. The van der Waals surface area contributed by atoms with Crippen LogP contribution in [-0.4, -0.2) is 31.3 Å². The molecule has 0 fully saturated rings. The number of nitrogens with one attached hydrogen (secondary N) is 2. The highest BCUT2D eigenvalue weighted by Crippen LogP contribution is 2.38. The SMILES string of the molecule is CCCNC(=O)c1cccc(-c2cc3c(C(=O)NC)c(-c4ccc(F)cc4)oc3cc2CC(N)=O)c1. The molecule has 3 aromatic carbocycles. The number of amides is 3. The zero-order valence-electron chi connectivity index (χ0n) is 20.0. The molecule has 0 aliphatic rings. The number of primary amides is 1. The van der Waals surface area contributed by atoms with Gasteiger partial charge in [-0.15, -0.1) is 0 Å². The fraction of sp³-hybridized carbons (Fsp3) is 0.179. The summed E-state index contributed by atoms with van der Waals surface area (Å²) in [6.45, 7) is 2.52. The topological polar surface area (TPSA) is 114 Å². The Morgan fingerprint density at radius 1 is 0.972 bits per heavy atom. The molecule has 0 bridgehead atoms. The lowest BCUT2D eigenvalue weighted by molar-refractivity contribution is -0.117. The molecule has 1 aromatic heterocycles. The highest BCUT2D eigenvalue weighted by molar-refractivity contribution is 6.12. The maximum absolute atomic E-state index is 13.5. The largest absolute Gasteiger partial charge is 0.455 e. The Bertz CT molecular complexity index is 1460. The Kier molecular flexibility index (Phi) is 7.15. The van der Waals surface area contributed by atoms with Crippen molar-refractivity contribution in [3.8, 4) is 22.5 Å². The van der Waals surface area contributed by atoms with E-state index >= 15 is 0 Å². The monoisotopic (exact) mass is 487 g/mol. The van der Waals surface area contributed by atoms with Crippen LogP contribution in [0.3, 0.4) is 0 Å². The van der Waals surface area contributed by atoms with Crippen molar-refractivity contribution in [1.29, 1.82) is 0 Å². The fourth-order valence-electron chi connectivity index (χ4n) is 4.11. The Morgan fingerprint density at radius 3 is 2.39 bits per heavy atom. The van der Waals surface area contributed by atoms with Gasteiger partial charge in [0.25, 0.3) is 11.8 Å². The minimum absolute atomic E-state index is 0.0700. The van der Waals surface area contributed by atoms with Crippen LogP contribution in [0.5, 0.6) is 0 Å². The van der Waals surface area contributed by atoms with E-state index in [4.69, 9.17) is 10.2 Å². The quantitative estimate of drug-likeness (QED) is 0.341. The first-order chi connectivity index (χ1) is 17.3. The van der Waals surface area contributed by atoms with Crippen molar-refractivity contribution >= 4 is 28.7 Å². The van der Waals surface area contributed by atoms with Gasteiger partial charge in [-0.05, 0) is 71.6 Å². The molecule has 4 N–H and O–H groups in total. The summed E-state index contributed by atoms with van der Waals surface area (Å²) in [5.74, 6) is -1.26. The van der Waals surface area contributed by atoms with E-state index in [9.17, 15) is 18.8 Å². The highest BCUT2D eigenvalue weighted by atomic mass is 19.1. The summed E-state index contributed by atoms with van der Waals surface area (Å²) >= 11 is 0. The lowest BCUT2D eigenvalue weighted by Gasteiger charge is -2.11. The van der Waals surface area contributed by atoms with Gasteiger partial charge < -0.3 is 20.8 Å². The number of rotatable bonds is 8. The van der Waals surface area contributed by atoms with E-state index < -0.39 is 11.7 Å². The molecule has 0 aliphatic carbocycles. The average Bonchev–Trinajstić information content (AvgIpc) is 3.24. The average molecular weight is 488 g/mol. The van der Waals surface area contributed by atoms with Gasteiger partial charge in [0, 0.05) is 30.1 Å². The van der Waals surface area contributed by atoms with Crippen LogP contribution in [-0.2, 0) is 11.2 Å². The van der Waals surface area contributed by atoms with Gasteiger partial charge in [-0.25, -0.2) is 4.39 Å². The van der Waals surface area contributed by atoms with Crippen LogP contribution >= 0.6 is 0 Å². The molecule has 0 atom stereocenters. The van der Waals surface area contributed by atoms with Crippen LogP contribution in [0, 0.1) is 5.82 Å². The second kappa shape index (κ2) is 10.4. The van der Waals surface area contributed by atoms with E-state index in [-0.39, 0.29) is 29.6 Å². The molecule has 184 valence electrons. The highest BCUT2D eigenvalue weighted by Gasteiger charge is 2.24. The molecule has 1 heterocycles. The van der Waals surface area contributed by atoms with Gasteiger partial charge in [0.15, 0.2) is 0 Å². The lowest BCUT2D eigenvalue weighted by atomic mass is 9.93. The molecule has 4 aromatic rings. The molecule has 0 radical (unpaired) electrons. The van der Waals surface area contributed by atoms with Crippen LogP contribution in [0.25, 0.3) is 33.4 Å². The molecular formula is C28H26FN3O4. The van der Waals surface area contributed by atoms with Crippen molar-refractivity contribution in [2.75, 3.05) is 13.6 Å². The summed E-state index contributed by atoms with van der Waals surface area (Å²) in [5.41, 5.74) is 9.09. The number of nitrogens with two attached hydrogens (primary N) is 1. The van der Waals surface area contributed by atoms with E-state index in [0.29, 0.717) is 45.3 Å². The molecule has 4 rings (SSSR count). The molecule has 0 unspecified atom stereocenters. The zero-order valence-corrected chi connectivity index (χ0v) is 20.0. The number of benzene rings is 3. The number of furan rings is 1. The zero-order chi connectivity index (χ0) is 25.8. The summed E-state index contributed by atoms with van der Waals surface area (Å²) < 4.78 is 19.6. The molecule has 0 saturated carbocycles. The van der Waals surface area contributed by atoms with Crippen molar-refractivity contribution in [3.63, 3.8) is 0 Å². The normalized spacial score (nSPS) is 10.9. The number of carbonyl (C=O) groups is 3. The van der Waals surface area contributed by atoms with Crippen LogP contribution in [0.2, 0.25) is 0 Å². The summed E-state index contributed by atoms with van der Waals surface area (Å²) in [6, 6.07) is 16.1. The summed E-state index contributed by atoms with van der Waals surface area (Å²) in [7, 11) is 1.51. The summed E-state index contributed by atoms with van der Waals surface area (Å²) in [4.78, 5) is 37.4. The van der Waals surface area contributed by atoms with E-state index in [1.54, 1.807) is 30.3 Å². The van der Waals surface area contributed by atoms with E-state index in [1.165, 1.54) is 31.3 Å². The predicted octanol–water partition coefficient (Wildman–Crippen LogP) is 4.43. The number of carbonyl (C=O) groups excluding carboxylic acids is 3. The third kappa shape index (κ3) is 4.98. The Hall–Kier alpha value is -4.46. The fourth-order valence-corrected chi connectivity index (χ4v) is 4.11. The van der Waals surface area contributed by atoms with Crippen molar-refractivity contribution in [2.24, 2.45) is 5.73 Å². The molecule has 36 heavy (non-hydrogen) atoms. The second-order valence-corrected chi connectivity index (χ2v) is 8.38. The first kappa shape index (κ1) is 24.7. The van der Waals surface area contributed by atoms with Crippen LogP contribution in [0.1, 0.15) is 39.6 Å². The van der Waals surface area contributed by atoms with Gasteiger partial charge in [0.05, 0.1) is 12.0 Å². The van der Waals surface area contributed by atoms with E-state index in [0.717, 1.165) is 6.42 Å². The maximum atomic E-state index is 13.5. The Morgan fingerprint density at radius 2 is 1.72 bits per heavy atom. The maximum Gasteiger partial charge on any atom is 0.255 e. The molecule has 0 spiro atoms. The number of halogens is 1. The van der Waals surface area contributed by atoms with Crippen molar-refractivity contribution in [1.82, 2.24) is 10.6 Å². The van der Waals surface area contributed by atoms with Crippen LogP contribution in [0.4, 0.5) is 4.39 Å². The van der Waals surface area contributed by atoms with Gasteiger partial charge in [-0.3, -0.25) is 14.4 Å². The first-order valence-electron chi connectivity index (χ1n) is 11.6. The molecule has 3 amide bonds. The number of hydrogen-bond acceptors (Lipinski definition) is 4. The van der Waals surface area contributed by atoms with Gasteiger partial charge in [-0.1, -0.05) is 19.1 Å². The molecule has 8 heteroatoms. The third-order valence-corrected chi connectivity index (χ3v) is 5.81. The molecule has 0 saturated heterocycles. The number of fused-ring (bicyclic) bond motifs is 1. The standard InChI is InChI=1S/C28H26FN3O4/c1-3-11-32-27(34)18-6-4-5-17(12-18)21-15-22-23(13-19(21)14-24(30)33)36-26(25(22)28(35)31-2)16-7-9-20(29)10-8-16/h4-10,12-13,15H,3,11,14H2,1-2H3,(H2,30,33)(H,31,35)(H,32,34). The minimum Gasteiger partial charge on any atom is -0.455 e. The second-order valence-electron chi connectivity index (χ2n) is 8.38. The lowest BCUT2D eigenvalue weighted by Crippen LogP contribution is -2.23. The van der Waals surface area contributed by atoms with Crippen molar-refractivity contribution < 1.29 is 23.2 Å². The van der Waals surface area contributed by atoms with Gasteiger partial charge in [0.1, 0.15) is 17.2 Å². The smallest absolute Gasteiger partial charge is 0.255 e. The summed E-state index contributed by atoms with van der Waals surface area (Å²) in [6.07, 6.45) is 0.740. The van der Waals surface area contributed by atoms with Crippen LogP contribution in [0.15, 0.2) is 65.1 Å². The Labute approximate surface area is 207 Å². The van der Waals surface area contributed by atoms with Gasteiger partial charge in [0.2, 0.25) is 5.91 Å². The molecule has 0 aliphatic heterocycles. The number of hydrogen-bond donors (Lipinski definition) is 3. The molecular weight excluding hydrogens is 461 g/mol. The van der Waals surface area contributed by atoms with Crippen LogP contribution < -0.4 is 16.4 Å². The predicted molar refractivity (Wildman–Crippen MR) is 136 cm³/mol. The minimum atomic E-state index is -0.538. The third-order valence-electron chi connectivity index (χ3n) is 5.81. The van der Waals surface area contributed by atoms with Gasteiger partial charge in [-0.2, -0.15) is 0 Å². The van der Waals surface area contributed by atoms with Crippen molar-refractivity contribution in [2.45, 2.75) is 19.8 Å². The van der Waals surface area contributed by atoms with E-state index in [1.807, 2.05) is 13.0 Å². The van der Waals surface area contributed by atoms with Crippen molar-refractivity contribution in [3.05, 3.63) is 83.2 Å².